The van der Waals surface area contributed by atoms with Gasteiger partial charge in [0.15, 0.2) is 0 Å². The predicted molar refractivity (Wildman–Crippen MR) is 65.2 cm³/mol. The predicted octanol–water partition coefficient (Wildman–Crippen LogP) is 1.18. The molecule has 1 saturated carbocycles. The summed E-state index contributed by atoms with van der Waals surface area (Å²) in [6.45, 7) is -0.167. The summed E-state index contributed by atoms with van der Waals surface area (Å²) < 4.78 is 4.65. The van der Waals surface area contributed by atoms with Crippen LogP contribution in [-0.2, 0) is 9.53 Å². The van der Waals surface area contributed by atoms with Crippen LogP contribution in [0, 0.1) is 5.41 Å². The number of ether oxygens (including phenoxy) is 1. The van der Waals surface area contributed by atoms with E-state index in [1.54, 1.807) is 24.3 Å². The number of benzene rings is 1. The molecule has 0 spiro atoms. The minimum absolute atomic E-state index is 0.167. The topological polar surface area (TPSA) is 75.6 Å². The first-order valence-electron chi connectivity index (χ1n) is 5.72. The monoisotopic (exact) mass is 249 g/mol. The summed E-state index contributed by atoms with van der Waals surface area (Å²) in [4.78, 5) is 23.5. The van der Waals surface area contributed by atoms with Gasteiger partial charge in [0, 0.05) is 0 Å². The fourth-order valence-electron chi connectivity index (χ4n) is 1.74. The van der Waals surface area contributed by atoms with Crippen molar-refractivity contribution in [2.45, 2.75) is 12.8 Å². The first kappa shape index (κ1) is 12.6. The van der Waals surface area contributed by atoms with Crippen molar-refractivity contribution < 1.29 is 19.4 Å². The number of hydrogen-bond acceptors (Lipinski definition) is 4. The number of anilines is 1. The molecule has 2 rings (SSSR count). The molecule has 2 N–H and O–H groups in total. The highest BCUT2D eigenvalue weighted by atomic mass is 16.5. The molecule has 18 heavy (non-hydrogen) atoms. The summed E-state index contributed by atoms with van der Waals surface area (Å²) >= 11 is 0. The molecule has 1 aliphatic rings. The Morgan fingerprint density at radius 2 is 2.06 bits per heavy atom. The summed E-state index contributed by atoms with van der Waals surface area (Å²) in [7, 11) is 1.29. The molecular weight excluding hydrogens is 234 g/mol. The minimum Gasteiger partial charge on any atom is -0.465 e. The van der Waals surface area contributed by atoms with Gasteiger partial charge in [0.1, 0.15) is 0 Å². The fourth-order valence-corrected chi connectivity index (χ4v) is 1.74. The highest BCUT2D eigenvalue weighted by molar-refractivity contribution is 6.03. The number of carbonyl (C=O) groups is 2. The Morgan fingerprint density at radius 3 is 2.61 bits per heavy atom. The Hall–Kier alpha value is -1.88. The molecule has 5 nitrogen and oxygen atoms in total. The van der Waals surface area contributed by atoms with Crippen LogP contribution in [0.15, 0.2) is 24.3 Å². The number of rotatable bonds is 4. The molecule has 96 valence electrons. The summed E-state index contributed by atoms with van der Waals surface area (Å²) in [5, 5.41) is 11.9. The summed E-state index contributed by atoms with van der Waals surface area (Å²) in [5.74, 6) is -0.749. The quantitative estimate of drug-likeness (QED) is 0.786. The van der Waals surface area contributed by atoms with Gasteiger partial charge in [0.25, 0.3) is 0 Å². The lowest BCUT2D eigenvalue weighted by atomic mass is 10.1. The van der Waals surface area contributed by atoms with Gasteiger partial charge in [-0.15, -0.1) is 0 Å². The normalized spacial score (nSPS) is 15.9. The first-order chi connectivity index (χ1) is 8.63. The lowest BCUT2D eigenvalue weighted by Gasteiger charge is -2.14. The van der Waals surface area contributed by atoms with E-state index in [0.29, 0.717) is 24.1 Å². The van der Waals surface area contributed by atoms with Crippen LogP contribution in [0.25, 0.3) is 0 Å². The third-order valence-electron chi connectivity index (χ3n) is 3.22. The molecule has 0 atom stereocenters. The SMILES string of the molecule is COC(=O)c1ccccc1NC(=O)C1(CO)CC1. The number of amides is 1. The van der Waals surface area contributed by atoms with Crippen molar-refractivity contribution in [1.82, 2.24) is 0 Å². The molecule has 0 aromatic heterocycles. The Kier molecular flexibility index (Phi) is 3.34. The van der Waals surface area contributed by atoms with Crippen molar-refractivity contribution in [1.29, 1.82) is 0 Å². The Morgan fingerprint density at radius 1 is 1.39 bits per heavy atom. The molecule has 0 aliphatic heterocycles. The van der Waals surface area contributed by atoms with E-state index in [0.717, 1.165) is 0 Å². The number of aliphatic hydroxyl groups excluding tert-OH is 1. The first-order valence-corrected chi connectivity index (χ1v) is 5.72. The zero-order valence-electron chi connectivity index (χ0n) is 10.1. The van der Waals surface area contributed by atoms with Gasteiger partial charge in [-0.2, -0.15) is 0 Å². The van der Waals surface area contributed by atoms with E-state index in [1.807, 2.05) is 0 Å². The van der Waals surface area contributed by atoms with E-state index in [9.17, 15) is 14.7 Å². The second-order valence-corrected chi connectivity index (χ2v) is 4.43. The highest BCUT2D eigenvalue weighted by Crippen LogP contribution is 2.46. The van der Waals surface area contributed by atoms with Crippen molar-refractivity contribution >= 4 is 17.6 Å². The maximum Gasteiger partial charge on any atom is 0.339 e. The number of aliphatic hydroxyl groups is 1. The molecule has 0 radical (unpaired) electrons. The third-order valence-corrected chi connectivity index (χ3v) is 3.22. The van der Waals surface area contributed by atoms with Gasteiger partial charge in [-0.3, -0.25) is 4.79 Å². The van der Waals surface area contributed by atoms with Crippen molar-refractivity contribution in [2.24, 2.45) is 5.41 Å². The number of para-hydroxylation sites is 1. The summed E-state index contributed by atoms with van der Waals surface area (Å²) in [5.41, 5.74) is 0.0552. The molecule has 1 aliphatic carbocycles. The molecule has 0 heterocycles. The largest absolute Gasteiger partial charge is 0.465 e. The Labute approximate surface area is 105 Å². The van der Waals surface area contributed by atoms with Gasteiger partial charge < -0.3 is 15.2 Å². The van der Waals surface area contributed by atoms with Crippen molar-refractivity contribution in [3.05, 3.63) is 29.8 Å². The van der Waals surface area contributed by atoms with E-state index in [1.165, 1.54) is 7.11 Å². The van der Waals surface area contributed by atoms with Gasteiger partial charge in [-0.05, 0) is 25.0 Å². The molecule has 1 amide bonds. The van der Waals surface area contributed by atoms with Gasteiger partial charge >= 0.3 is 5.97 Å². The molecule has 1 fully saturated rings. The zero-order chi connectivity index (χ0) is 13.2. The van der Waals surface area contributed by atoms with Crippen LogP contribution >= 0.6 is 0 Å². The van der Waals surface area contributed by atoms with Gasteiger partial charge in [0.05, 0.1) is 30.4 Å². The average Bonchev–Trinajstić information content (AvgIpc) is 3.19. The van der Waals surface area contributed by atoms with Crippen LogP contribution in [0.2, 0.25) is 0 Å². The van der Waals surface area contributed by atoms with Crippen molar-refractivity contribution in [2.75, 3.05) is 19.0 Å². The highest BCUT2D eigenvalue weighted by Gasteiger charge is 2.49. The number of carbonyl (C=O) groups excluding carboxylic acids is 2. The summed E-state index contributed by atoms with van der Waals surface area (Å²) in [6, 6.07) is 6.64. The Balaban J connectivity index is 2.19. The van der Waals surface area contributed by atoms with E-state index < -0.39 is 11.4 Å². The second kappa shape index (κ2) is 4.78. The molecule has 1 aromatic carbocycles. The number of hydrogen-bond donors (Lipinski definition) is 2. The second-order valence-electron chi connectivity index (χ2n) is 4.43. The third kappa shape index (κ3) is 2.22. The van der Waals surface area contributed by atoms with Crippen LogP contribution < -0.4 is 5.32 Å². The van der Waals surface area contributed by atoms with Crippen molar-refractivity contribution in [3.63, 3.8) is 0 Å². The van der Waals surface area contributed by atoms with Gasteiger partial charge in [-0.25, -0.2) is 4.79 Å². The fraction of sp³-hybridized carbons (Fsp3) is 0.385. The number of nitrogens with one attached hydrogen (secondary N) is 1. The molecule has 0 unspecified atom stereocenters. The lowest BCUT2D eigenvalue weighted by molar-refractivity contribution is -0.122. The molecule has 0 bridgehead atoms. The van der Waals surface area contributed by atoms with E-state index in [4.69, 9.17) is 0 Å². The van der Waals surface area contributed by atoms with E-state index in [-0.39, 0.29) is 12.5 Å². The molecule has 5 heteroatoms. The Bertz CT molecular complexity index is 480. The van der Waals surface area contributed by atoms with E-state index in [2.05, 4.69) is 10.1 Å². The standard InChI is InChI=1S/C13H15NO4/c1-18-11(16)9-4-2-3-5-10(9)14-12(17)13(8-15)6-7-13/h2-5,15H,6-8H2,1H3,(H,14,17). The van der Waals surface area contributed by atoms with Crippen LogP contribution in [0.3, 0.4) is 0 Å². The van der Waals surface area contributed by atoms with Crippen LogP contribution in [0.1, 0.15) is 23.2 Å². The van der Waals surface area contributed by atoms with Gasteiger partial charge in [-0.1, -0.05) is 12.1 Å². The zero-order valence-corrected chi connectivity index (χ0v) is 10.1. The van der Waals surface area contributed by atoms with Crippen LogP contribution in [0.5, 0.6) is 0 Å². The maximum absolute atomic E-state index is 12.0. The van der Waals surface area contributed by atoms with Crippen molar-refractivity contribution in [3.8, 4) is 0 Å². The smallest absolute Gasteiger partial charge is 0.339 e. The molecule has 1 aromatic rings. The lowest BCUT2D eigenvalue weighted by Crippen LogP contribution is -2.28. The number of esters is 1. The average molecular weight is 249 g/mol. The number of methoxy groups -OCH3 is 1. The molecular formula is C13H15NO4. The van der Waals surface area contributed by atoms with Gasteiger partial charge in [0.2, 0.25) is 5.91 Å². The molecule has 0 saturated heterocycles. The minimum atomic E-state index is -0.663. The summed E-state index contributed by atoms with van der Waals surface area (Å²) in [6.07, 6.45) is 1.35. The maximum atomic E-state index is 12.0. The van der Waals surface area contributed by atoms with E-state index >= 15 is 0 Å². The van der Waals surface area contributed by atoms with Crippen LogP contribution in [-0.4, -0.2) is 30.7 Å². The van der Waals surface area contributed by atoms with Crippen LogP contribution in [0.4, 0.5) is 5.69 Å².